The number of likely N-dealkylation sites (tertiary alicyclic amines) is 1. The maximum atomic E-state index is 12.5. The van der Waals surface area contributed by atoms with E-state index in [1.807, 2.05) is 35.2 Å². The molecule has 1 N–H and O–H groups in total. The summed E-state index contributed by atoms with van der Waals surface area (Å²) in [5.41, 5.74) is 5.19. The number of aryl methyl sites for hydroxylation is 2. The van der Waals surface area contributed by atoms with Gasteiger partial charge in [0.2, 0.25) is 0 Å². The molecule has 4 rings (SSSR count). The summed E-state index contributed by atoms with van der Waals surface area (Å²) in [6.07, 6.45) is 1.98. The molecule has 1 aromatic heterocycles. The maximum Gasteiger partial charge on any atom is 0.260 e. The van der Waals surface area contributed by atoms with Gasteiger partial charge in [0.15, 0.2) is 6.61 Å². The van der Waals surface area contributed by atoms with Crippen LogP contribution in [0.5, 0.6) is 5.75 Å². The number of aromatic nitrogens is 1. The second kappa shape index (κ2) is 7.47. The molecule has 4 nitrogen and oxygen atoms in total. The predicted octanol–water partition coefficient (Wildman–Crippen LogP) is 4.57. The topological polar surface area (TPSA) is 45.3 Å². The van der Waals surface area contributed by atoms with Gasteiger partial charge < -0.3 is 14.6 Å². The third kappa shape index (κ3) is 3.70. The van der Waals surface area contributed by atoms with Crippen LogP contribution in [0.4, 0.5) is 0 Å². The predicted molar refractivity (Wildman–Crippen MR) is 108 cm³/mol. The first-order valence-corrected chi connectivity index (χ1v) is 9.66. The molecule has 0 saturated carbocycles. The van der Waals surface area contributed by atoms with E-state index in [1.165, 1.54) is 27.7 Å². The molecule has 0 atom stereocenters. The molecule has 3 aromatic rings. The summed E-state index contributed by atoms with van der Waals surface area (Å²) in [7, 11) is 0. The fourth-order valence-corrected chi connectivity index (χ4v) is 4.04. The number of fused-ring (bicyclic) bond motifs is 1. The van der Waals surface area contributed by atoms with E-state index >= 15 is 0 Å². The van der Waals surface area contributed by atoms with Crippen molar-refractivity contribution in [2.75, 3.05) is 19.7 Å². The summed E-state index contributed by atoms with van der Waals surface area (Å²) in [5, 5.41) is 1.32. The molecule has 2 heterocycles. The van der Waals surface area contributed by atoms with Crippen LogP contribution < -0.4 is 4.74 Å². The van der Waals surface area contributed by atoms with Crippen molar-refractivity contribution in [3.63, 3.8) is 0 Å². The summed E-state index contributed by atoms with van der Waals surface area (Å²) in [6.45, 7) is 6.02. The number of nitrogens with one attached hydrogen (secondary N) is 1. The number of rotatable bonds is 4. The summed E-state index contributed by atoms with van der Waals surface area (Å²) in [6, 6.07) is 16.1. The minimum absolute atomic E-state index is 0.0706. The Balaban J connectivity index is 1.37. The van der Waals surface area contributed by atoms with E-state index < -0.39 is 0 Å². The van der Waals surface area contributed by atoms with Gasteiger partial charge in [0.25, 0.3) is 5.91 Å². The number of aromatic amines is 1. The van der Waals surface area contributed by atoms with Gasteiger partial charge in [-0.1, -0.05) is 29.8 Å². The molecule has 1 amide bonds. The maximum absolute atomic E-state index is 12.5. The zero-order valence-electron chi connectivity index (χ0n) is 16.0. The Morgan fingerprint density at radius 1 is 1.11 bits per heavy atom. The van der Waals surface area contributed by atoms with E-state index in [0.29, 0.717) is 5.92 Å². The molecule has 1 saturated heterocycles. The molecule has 0 radical (unpaired) electrons. The van der Waals surface area contributed by atoms with Crippen LogP contribution in [0, 0.1) is 13.8 Å². The summed E-state index contributed by atoms with van der Waals surface area (Å²) in [5.74, 6) is 1.29. The molecule has 2 aromatic carbocycles. The van der Waals surface area contributed by atoms with Crippen molar-refractivity contribution >= 4 is 16.8 Å². The van der Waals surface area contributed by atoms with Crippen molar-refractivity contribution in [2.45, 2.75) is 32.6 Å². The van der Waals surface area contributed by atoms with Crippen molar-refractivity contribution in [3.05, 3.63) is 65.4 Å². The first-order chi connectivity index (χ1) is 13.1. The lowest BCUT2D eigenvalue weighted by Crippen LogP contribution is -2.40. The third-order valence-corrected chi connectivity index (χ3v) is 5.61. The summed E-state index contributed by atoms with van der Waals surface area (Å²) < 4.78 is 5.61. The smallest absolute Gasteiger partial charge is 0.260 e. The highest BCUT2D eigenvalue weighted by Gasteiger charge is 2.26. The van der Waals surface area contributed by atoms with Crippen LogP contribution in [-0.4, -0.2) is 35.5 Å². The van der Waals surface area contributed by atoms with Gasteiger partial charge in [-0.15, -0.1) is 0 Å². The van der Waals surface area contributed by atoms with E-state index in [9.17, 15) is 4.79 Å². The lowest BCUT2D eigenvalue weighted by molar-refractivity contribution is -0.134. The lowest BCUT2D eigenvalue weighted by atomic mass is 9.91. The molecule has 0 spiro atoms. The molecule has 0 aliphatic carbocycles. The van der Waals surface area contributed by atoms with E-state index in [1.54, 1.807) is 0 Å². The van der Waals surface area contributed by atoms with Crippen LogP contribution in [0.3, 0.4) is 0 Å². The van der Waals surface area contributed by atoms with Crippen molar-refractivity contribution in [1.82, 2.24) is 9.88 Å². The van der Waals surface area contributed by atoms with Crippen LogP contribution in [0.25, 0.3) is 10.9 Å². The first kappa shape index (κ1) is 17.7. The first-order valence-electron chi connectivity index (χ1n) is 9.66. The number of hydrogen-bond acceptors (Lipinski definition) is 2. The monoisotopic (exact) mass is 362 g/mol. The molecule has 27 heavy (non-hydrogen) atoms. The molecular formula is C23H26N2O2. The average molecular weight is 362 g/mol. The van der Waals surface area contributed by atoms with Gasteiger partial charge in [0.1, 0.15) is 5.75 Å². The standard InChI is InChI=1S/C23H26N2O2/c1-16-8-9-21-20(14-16)17(2)23(24-21)18-10-12-25(13-11-18)22(26)15-27-19-6-4-3-5-7-19/h3-9,14,18,24H,10-13,15H2,1-2H3. The summed E-state index contributed by atoms with van der Waals surface area (Å²) >= 11 is 0. The number of para-hydroxylation sites is 1. The highest BCUT2D eigenvalue weighted by Crippen LogP contribution is 2.33. The fraction of sp³-hybridized carbons (Fsp3) is 0.348. The van der Waals surface area contributed by atoms with Crippen molar-refractivity contribution in [1.29, 1.82) is 0 Å². The Kier molecular flexibility index (Phi) is 4.88. The van der Waals surface area contributed by atoms with E-state index in [4.69, 9.17) is 4.74 Å². The molecule has 0 unspecified atom stereocenters. The van der Waals surface area contributed by atoms with Gasteiger partial charge in [-0.3, -0.25) is 4.79 Å². The van der Waals surface area contributed by atoms with E-state index in [-0.39, 0.29) is 12.5 Å². The molecule has 1 aliphatic heterocycles. The van der Waals surface area contributed by atoms with Gasteiger partial charge >= 0.3 is 0 Å². The molecule has 4 heteroatoms. The second-order valence-electron chi connectivity index (χ2n) is 7.47. The highest BCUT2D eigenvalue weighted by atomic mass is 16.5. The number of benzene rings is 2. The number of carbonyl (C=O) groups is 1. The zero-order valence-corrected chi connectivity index (χ0v) is 16.0. The molecule has 1 fully saturated rings. The fourth-order valence-electron chi connectivity index (χ4n) is 4.04. The van der Waals surface area contributed by atoms with Gasteiger partial charge in [-0.25, -0.2) is 0 Å². The van der Waals surface area contributed by atoms with E-state index in [0.717, 1.165) is 31.7 Å². The van der Waals surface area contributed by atoms with Crippen molar-refractivity contribution in [2.24, 2.45) is 0 Å². The highest BCUT2D eigenvalue weighted by molar-refractivity contribution is 5.85. The van der Waals surface area contributed by atoms with Crippen LogP contribution in [0.2, 0.25) is 0 Å². The molecule has 0 bridgehead atoms. The zero-order chi connectivity index (χ0) is 18.8. The Bertz CT molecular complexity index is 938. The van der Waals surface area contributed by atoms with Crippen LogP contribution in [0.15, 0.2) is 48.5 Å². The minimum atomic E-state index is 0.0706. The summed E-state index contributed by atoms with van der Waals surface area (Å²) in [4.78, 5) is 18.0. The Morgan fingerprint density at radius 2 is 1.85 bits per heavy atom. The van der Waals surface area contributed by atoms with Crippen LogP contribution >= 0.6 is 0 Å². The average Bonchev–Trinajstić information content (AvgIpc) is 3.03. The van der Waals surface area contributed by atoms with Crippen molar-refractivity contribution < 1.29 is 9.53 Å². The number of carbonyl (C=O) groups excluding carboxylic acids is 1. The third-order valence-electron chi connectivity index (χ3n) is 5.61. The normalized spacial score (nSPS) is 15.3. The van der Waals surface area contributed by atoms with Crippen molar-refractivity contribution in [3.8, 4) is 5.75 Å². The quantitative estimate of drug-likeness (QED) is 0.739. The molecule has 1 aliphatic rings. The minimum Gasteiger partial charge on any atom is -0.484 e. The lowest BCUT2D eigenvalue weighted by Gasteiger charge is -2.32. The van der Waals surface area contributed by atoms with Gasteiger partial charge in [-0.2, -0.15) is 0 Å². The molecular weight excluding hydrogens is 336 g/mol. The SMILES string of the molecule is Cc1ccc2[nH]c(C3CCN(C(=O)COc4ccccc4)CC3)c(C)c2c1. The van der Waals surface area contributed by atoms with Crippen LogP contribution in [0.1, 0.15) is 35.6 Å². The number of piperidine rings is 1. The Hall–Kier alpha value is -2.75. The number of nitrogens with zero attached hydrogens (tertiary/aromatic N) is 1. The number of ether oxygens (including phenoxy) is 1. The Labute approximate surface area is 160 Å². The Morgan fingerprint density at radius 3 is 2.59 bits per heavy atom. The second-order valence-corrected chi connectivity index (χ2v) is 7.47. The van der Waals surface area contributed by atoms with Gasteiger partial charge in [0.05, 0.1) is 0 Å². The number of H-pyrrole nitrogens is 1. The number of amides is 1. The van der Waals surface area contributed by atoms with Gasteiger partial charge in [0, 0.05) is 35.6 Å². The van der Waals surface area contributed by atoms with Crippen LogP contribution in [-0.2, 0) is 4.79 Å². The van der Waals surface area contributed by atoms with Gasteiger partial charge in [-0.05, 0) is 56.5 Å². The largest absolute Gasteiger partial charge is 0.484 e. The number of hydrogen-bond donors (Lipinski definition) is 1. The molecule has 140 valence electrons. The van der Waals surface area contributed by atoms with E-state index in [2.05, 4.69) is 37.0 Å².